The van der Waals surface area contributed by atoms with Crippen LogP contribution in [0.25, 0.3) is 11.0 Å². The van der Waals surface area contributed by atoms with E-state index in [0.717, 1.165) is 0 Å². The smallest absolute Gasteiger partial charge is 0.261 e. The van der Waals surface area contributed by atoms with Crippen LogP contribution in [0.1, 0.15) is 13.2 Å². The maximum absolute atomic E-state index is 11.8. The van der Waals surface area contributed by atoms with Gasteiger partial charge < -0.3 is 30.4 Å². The Labute approximate surface area is 118 Å². The second-order valence-electron chi connectivity index (χ2n) is 5.29. The van der Waals surface area contributed by atoms with E-state index in [9.17, 15) is 20.1 Å². The SMILES string of the molecule is C[C@]1(O)C(n2ccc3c(=O)[nH]c(N)nc32)O[C@H](CO)[C@H]1O. The lowest BCUT2D eigenvalue weighted by atomic mass is 9.96. The summed E-state index contributed by atoms with van der Waals surface area (Å²) in [5, 5.41) is 29.9. The number of aromatic nitrogens is 3. The second kappa shape index (κ2) is 4.53. The van der Waals surface area contributed by atoms with Gasteiger partial charge in [-0.3, -0.25) is 9.78 Å². The lowest BCUT2D eigenvalue weighted by Crippen LogP contribution is -2.44. The fraction of sp³-hybridized carbons (Fsp3) is 0.500. The van der Waals surface area contributed by atoms with Crippen molar-refractivity contribution in [2.24, 2.45) is 0 Å². The lowest BCUT2D eigenvalue weighted by Gasteiger charge is -2.27. The average Bonchev–Trinajstić information content (AvgIpc) is 2.91. The fourth-order valence-electron chi connectivity index (χ4n) is 2.64. The van der Waals surface area contributed by atoms with Gasteiger partial charge in [0.05, 0.1) is 12.0 Å². The van der Waals surface area contributed by atoms with Crippen LogP contribution in [0, 0.1) is 0 Å². The molecule has 0 saturated carbocycles. The molecule has 1 unspecified atom stereocenters. The van der Waals surface area contributed by atoms with Crippen molar-refractivity contribution < 1.29 is 20.1 Å². The molecule has 21 heavy (non-hydrogen) atoms. The molecule has 9 heteroatoms. The highest BCUT2D eigenvalue weighted by atomic mass is 16.6. The molecule has 0 radical (unpaired) electrons. The van der Waals surface area contributed by atoms with Crippen LogP contribution >= 0.6 is 0 Å². The quantitative estimate of drug-likeness (QED) is 0.444. The predicted molar refractivity (Wildman–Crippen MR) is 72.4 cm³/mol. The van der Waals surface area contributed by atoms with Gasteiger partial charge in [-0.25, -0.2) is 0 Å². The van der Waals surface area contributed by atoms with Crippen LogP contribution < -0.4 is 11.3 Å². The van der Waals surface area contributed by atoms with Crippen LogP contribution in [0.5, 0.6) is 0 Å². The number of anilines is 1. The zero-order valence-corrected chi connectivity index (χ0v) is 11.2. The standard InChI is InChI=1S/C12H16N4O5/c1-12(20)7(18)6(4-17)21-10(12)16-3-2-5-8(16)14-11(13)15-9(5)19/h2-3,6-7,10,17-18,20H,4H2,1H3,(H3,13,14,15,19)/t6-,7-,10?,12-/m1/s1. The Balaban J connectivity index is 2.15. The van der Waals surface area contributed by atoms with Crippen molar-refractivity contribution in [3.05, 3.63) is 22.6 Å². The van der Waals surface area contributed by atoms with Gasteiger partial charge in [-0.05, 0) is 13.0 Å². The lowest BCUT2D eigenvalue weighted by molar-refractivity contribution is -0.0948. The van der Waals surface area contributed by atoms with Crippen molar-refractivity contribution in [1.82, 2.24) is 14.5 Å². The molecule has 0 spiro atoms. The Morgan fingerprint density at radius 1 is 1.62 bits per heavy atom. The molecule has 4 atom stereocenters. The summed E-state index contributed by atoms with van der Waals surface area (Å²) in [5.41, 5.74) is 3.69. The minimum absolute atomic E-state index is 0.0654. The molecule has 1 aliphatic rings. The Morgan fingerprint density at radius 2 is 2.33 bits per heavy atom. The largest absolute Gasteiger partial charge is 0.394 e. The van der Waals surface area contributed by atoms with Gasteiger partial charge in [-0.15, -0.1) is 0 Å². The number of hydrogen-bond acceptors (Lipinski definition) is 7. The molecule has 2 aromatic heterocycles. The molecule has 6 N–H and O–H groups in total. The van der Waals surface area contributed by atoms with E-state index >= 15 is 0 Å². The number of H-pyrrole nitrogens is 1. The van der Waals surface area contributed by atoms with E-state index in [4.69, 9.17) is 10.5 Å². The molecule has 0 bridgehead atoms. The summed E-state index contributed by atoms with van der Waals surface area (Å²) in [6, 6.07) is 1.51. The molecule has 1 fully saturated rings. The molecule has 2 aromatic rings. The molecule has 114 valence electrons. The van der Waals surface area contributed by atoms with Crippen LogP contribution in [-0.4, -0.2) is 54.3 Å². The number of nitrogen functional groups attached to an aromatic ring is 1. The van der Waals surface area contributed by atoms with Gasteiger partial charge in [0.1, 0.15) is 17.8 Å². The van der Waals surface area contributed by atoms with Gasteiger partial charge in [0, 0.05) is 6.20 Å². The molecule has 0 aromatic carbocycles. The first-order valence-corrected chi connectivity index (χ1v) is 6.39. The molecule has 1 saturated heterocycles. The number of nitrogens with zero attached hydrogens (tertiary/aromatic N) is 2. The highest BCUT2D eigenvalue weighted by molar-refractivity contribution is 5.76. The first-order valence-electron chi connectivity index (χ1n) is 6.39. The van der Waals surface area contributed by atoms with Crippen molar-refractivity contribution in [2.75, 3.05) is 12.3 Å². The number of fused-ring (bicyclic) bond motifs is 1. The highest BCUT2D eigenvalue weighted by Gasteiger charge is 2.53. The van der Waals surface area contributed by atoms with Crippen LogP contribution in [0.15, 0.2) is 17.1 Å². The Kier molecular flexibility index (Phi) is 3.02. The third-order valence-corrected chi connectivity index (χ3v) is 3.79. The summed E-state index contributed by atoms with van der Waals surface area (Å²) in [7, 11) is 0. The number of nitrogens with one attached hydrogen (secondary N) is 1. The number of aliphatic hydroxyl groups is 3. The zero-order valence-electron chi connectivity index (χ0n) is 11.2. The minimum atomic E-state index is -1.65. The second-order valence-corrected chi connectivity index (χ2v) is 5.29. The van der Waals surface area contributed by atoms with E-state index in [2.05, 4.69) is 9.97 Å². The van der Waals surface area contributed by atoms with Crippen molar-refractivity contribution >= 4 is 17.0 Å². The van der Waals surface area contributed by atoms with Gasteiger partial charge in [0.25, 0.3) is 5.56 Å². The van der Waals surface area contributed by atoms with E-state index in [-0.39, 0.29) is 17.0 Å². The molecule has 0 amide bonds. The Bertz CT molecular complexity index is 737. The third kappa shape index (κ3) is 1.94. The van der Waals surface area contributed by atoms with Crippen LogP contribution in [0.2, 0.25) is 0 Å². The van der Waals surface area contributed by atoms with Crippen molar-refractivity contribution in [1.29, 1.82) is 0 Å². The third-order valence-electron chi connectivity index (χ3n) is 3.79. The molecular formula is C12H16N4O5. The van der Waals surface area contributed by atoms with Gasteiger partial charge in [0.2, 0.25) is 5.95 Å². The molecule has 0 aliphatic carbocycles. The van der Waals surface area contributed by atoms with E-state index in [1.165, 1.54) is 23.8 Å². The van der Waals surface area contributed by atoms with Crippen molar-refractivity contribution in [3.8, 4) is 0 Å². The van der Waals surface area contributed by atoms with Crippen LogP contribution in [0.3, 0.4) is 0 Å². The molecule has 9 nitrogen and oxygen atoms in total. The van der Waals surface area contributed by atoms with Crippen LogP contribution in [0.4, 0.5) is 5.95 Å². The molecule has 3 rings (SSSR count). The van der Waals surface area contributed by atoms with Gasteiger partial charge in [-0.2, -0.15) is 4.98 Å². The number of rotatable bonds is 2. The summed E-state index contributed by atoms with van der Waals surface area (Å²) in [4.78, 5) is 18.2. The van der Waals surface area contributed by atoms with Gasteiger partial charge in [-0.1, -0.05) is 0 Å². The summed E-state index contributed by atoms with van der Waals surface area (Å²) in [5.74, 6) is -0.0654. The number of nitrogens with two attached hydrogens (primary N) is 1. The summed E-state index contributed by atoms with van der Waals surface area (Å²) in [6.07, 6.45) is -1.69. The van der Waals surface area contributed by atoms with Crippen molar-refractivity contribution in [2.45, 2.75) is 31.0 Å². The summed E-state index contributed by atoms with van der Waals surface area (Å²) in [6.45, 7) is 0.948. The van der Waals surface area contributed by atoms with Gasteiger partial charge in [0.15, 0.2) is 11.9 Å². The van der Waals surface area contributed by atoms with Gasteiger partial charge >= 0.3 is 0 Å². The summed E-state index contributed by atoms with van der Waals surface area (Å²) >= 11 is 0. The topological polar surface area (TPSA) is 147 Å². The number of aromatic amines is 1. The number of hydrogen-bond donors (Lipinski definition) is 5. The van der Waals surface area contributed by atoms with E-state index in [1.54, 1.807) is 0 Å². The Hall–Kier alpha value is -1.94. The minimum Gasteiger partial charge on any atom is -0.394 e. The normalized spacial score (nSPS) is 32.9. The molecule has 1 aliphatic heterocycles. The van der Waals surface area contributed by atoms with E-state index < -0.39 is 36.2 Å². The maximum atomic E-state index is 11.8. The highest BCUT2D eigenvalue weighted by Crippen LogP contribution is 2.39. The van der Waals surface area contributed by atoms with E-state index in [0.29, 0.717) is 0 Å². The number of aliphatic hydroxyl groups excluding tert-OH is 2. The zero-order chi connectivity index (χ0) is 15.4. The number of ether oxygens (including phenoxy) is 1. The average molecular weight is 296 g/mol. The Morgan fingerprint density at radius 3 is 2.95 bits per heavy atom. The molecular weight excluding hydrogens is 280 g/mol. The first kappa shape index (κ1) is 14.0. The molecule has 3 heterocycles. The monoisotopic (exact) mass is 296 g/mol. The first-order chi connectivity index (χ1) is 9.86. The van der Waals surface area contributed by atoms with Crippen molar-refractivity contribution in [3.63, 3.8) is 0 Å². The fourth-order valence-corrected chi connectivity index (χ4v) is 2.64. The van der Waals surface area contributed by atoms with Crippen LogP contribution in [-0.2, 0) is 4.74 Å². The maximum Gasteiger partial charge on any atom is 0.261 e. The van der Waals surface area contributed by atoms with E-state index in [1.807, 2.05) is 0 Å². The summed E-state index contributed by atoms with van der Waals surface area (Å²) < 4.78 is 6.91. The predicted octanol–water partition coefficient (Wildman–Crippen LogP) is -1.69.